The zero-order valence-electron chi connectivity index (χ0n) is 14.2. The number of phenolic OH excluding ortho intramolecular Hbond substituents is 1. The number of nitrogens with zero attached hydrogens (tertiary/aromatic N) is 4. The second-order valence-corrected chi connectivity index (χ2v) is 5.76. The number of para-hydroxylation sites is 1. The Hall–Kier alpha value is -3.39. The molecule has 0 unspecified atom stereocenters. The highest BCUT2D eigenvalue weighted by molar-refractivity contribution is 6.30. The van der Waals surface area contributed by atoms with Crippen LogP contribution in [0.4, 0.5) is 11.4 Å². The molecule has 8 nitrogen and oxygen atoms in total. The Morgan fingerprint density at radius 1 is 1.19 bits per heavy atom. The predicted molar refractivity (Wildman–Crippen MR) is 98.5 cm³/mol. The summed E-state index contributed by atoms with van der Waals surface area (Å²) < 4.78 is 6.12. The molecule has 0 saturated heterocycles. The lowest BCUT2D eigenvalue weighted by Gasteiger charge is -2.01. The number of hydrogen-bond donors (Lipinski definition) is 2. The van der Waals surface area contributed by atoms with E-state index in [1.807, 2.05) is 0 Å². The van der Waals surface area contributed by atoms with Crippen LogP contribution in [0.2, 0.25) is 5.02 Å². The summed E-state index contributed by atoms with van der Waals surface area (Å²) in [5.74, 6) is -1.31. The number of phenols is 1. The zero-order chi connectivity index (χ0) is 19.4. The minimum atomic E-state index is -0.758. The molecule has 0 fully saturated rings. The van der Waals surface area contributed by atoms with Crippen molar-refractivity contribution < 1.29 is 19.7 Å². The third kappa shape index (κ3) is 3.90. The first-order valence-electron chi connectivity index (χ1n) is 7.96. The number of aromatic nitrogens is 2. The van der Waals surface area contributed by atoms with E-state index in [0.29, 0.717) is 10.7 Å². The van der Waals surface area contributed by atoms with Gasteiger partial charge >= 0.3 is 5.97 Å². The smallest absolute Gasteiger partial charge is 0.361 e. The van der Waals surface area contributed by atoms with Gasteiger partial charge in [-0.1, -0.05) is 29.8 Å². The molecule has 27 heavy (non-hydrogen) atoms. The fourth-order valence-electron chi connectivity index (χ4n) is 2.26. The number of carbonyl (C=O) groups is 1. The SMILES string of the molecule is CCOC(=O)c1nn(-c2ccccc2)c(O)c1/N=N/c1cc(Cl)ccc1O. The van der Waals surface area contributed by atoms with Crippen LogP contribution in [0.25, 0.3) is 5.69 Å². The van der Waals surface area contributed by atoms with Gasteiger partial charge in [-0.25, -0.2) is 4.79 Å². The van der Waals surface area contributed by atoms with Crippen molar-refractivity contribution in [1.29, 1.82) is 0 Å². The molecule has 0 aliphatic carbocycles. The van der Waals surface area contributed by atoms with Crippen LogP contribution in [-0.2, 0) is 4.74 Å². The summed E-state index contributed by atoms with van der Waals surface area (Å²) >= 11 is 5.88. The van der Waals surface area contributed by atoms with E-state index in [-0.39, 0.29) is 29.4 Å². The van der Waals surface area contributed by atoms with Gasteiger partial charge < -0.3 is 14.9 Å². The summed E-state index contributed by atoms with van der Waals surface area (Å²) in [7, 11) is 0. The topological polar surface area (TPSA) is 109 Å². The van der Waals surface area contributed by atoms with Gasteiger partial charge in [-0.3, -0.25) is 0 Å². The summed E-state index contributed by atoms with van der Waals surface area (Å²) in [6.07, 6.45) is 0. The molecule has 2 N–H and O–H groups in total. The van der Waals surface area contributed by atoms with E-state index in [1.54, 1.807) is 37.3 Å². The van der Waals surface area contributed by atoms with Crippen molar-refractivity contribution in [1.82, 2.24) is 9.78 Å². The maximum absolute atomic E-state index is 12.2. The molecule has 0 atom stereocenters. The van der Waals surface area contributed by atoms with E-state index in [4.69, 9.17) is 16.3 Å². The summed E-state index contributed by atoms with van der Waals surface area (Å²) in [5.41, 5.74) is 0.205. The van der Waals surface area contributed by atoms with Crippen molar-refractivity contribution in [3.63, 3.8) is 0 Å². The van der Waals surface area contributed by atoms with Crippen molar-refractivity contribution in [3.8, 4) is 17.3 Å². The molecule has 1 heterocycles. The number of benzene rings is 2. The Morgan fingerprint density at radius 3 is 2.63 bits per heavy atom. The third-order valence-electron chi connectivity index (χ3n) is 3.50. The second-order valence-electron chi connectivity index (χ2n) is 5.32. The van der Waals surface area contributed by atoms with E-state index in [9.17, 15) is 15.0 Å². The Morgan fingerprint density at radius 2 is 1.93 bits per heavy atom. The number of aromatic hydroxyl groups is 2. The molecule has 0 radical (unpaired) electrons. The molecule has 9 heteroatoms. The lowest BCUT2D eigenvalue weighted by molar-refractivity contribution is 0.0520. The van der Waals surface area contributed by atoms with Crippen molar-refractivity contribution in [2.75, 3.05) is 6.61 Å². The quantitative estimate of drug-likeness (QED) is 0.494. The number of ether oxygens (including phenoxy) is 1. The Kier molecular flexibility index (Phi) is 5.37. The average molecular weight is 387 g/mol. The lowest BCUT2D eigenvalue weighted by Crippen LogP contribution is -2.06. The highest BCUT2D eigenvalue weighted by Crippen LogP contribution is 2.36. The van der Waals surface area contributed by atoms with Gasteiger partial charge in [-0.05, 0) is 37.3 Å². The van der Waals surface area contributed by atoms with Gasteiger partial charge in [0.15, 0.2) is 5.69 Å². The lowest BCUT2D eigenvalue weighted by atomic mass is 10.3. The van der Waals surface area contributed by atoms with E-state index >= 15 is 0 Å². The Labute approximate surface area is 159 Å². The Bertz CT molecular complexity index is 1000. The van der Waals surface area contributed by atoms with E-state index in [1.165, 1.54) is 18.2 Å². The maximum atomic E-state index is 12.2. The molecule has 0 aliphatic rings. The monoisotopic (exact) mass is 386 g/mol. The molecule has 1 aromatic heterocycles. The van der Waals surface area contributed by atoms with Gasteiger partial charge in [-0.15, -0.1) is 10.2 Å². The largest absolute Gasteiger partial charge is 0.506 e. The molecule has 2 aromatic carbocycles. The van der Waals surface area contributed by atoms with Crippen molar-refractivity contribution in [2.45, 2.75) is 6.92 Å². The van der Waals surface area contributed by atoms with Gasteiger partial charge in [0.2, 0.25) is 11.6 Å². The molecule has 0 bridgehead atoms. The predicted octanol–water partition coefficient (Wildman–Crippen LogP) is 4.53. The van der Waals surface area contributed by atoms with Crippen molar-refractivity contribution in [2.24, 2.45) is 10.2 Å². The Balaban J connectivity index is 2.09. The number of halogens is 1. The second kappa shape index (κ2) is 7.88. The summed E-state index contributed by atoms with van der Waals surface area (Å²) in [6, 6.07) is 13.0. The minimum absolute atomic E-state index is 0.0733. The number of esters is 1. The normalized spacial score (nSPS) is 11.0. The third-order valence-corrected chi connectivity index (χ3v) is 3.74. The first kappa shape index (κ1) is 18.4. The molecule has 0 aliphatic heterocycles. The fraction of sp³-hybridized carbons (Fsp3) is 0.111. The standard InChI is InChI=1S/C18H15ClN4O4/c1-2-27-18(26)16-15(21-20-13-10-11(19)8-9-14(13)24)17(25)23(22-16)12-6-4-3-5-7-12/h3-10,24-25H,2H2,1H3/b21-20+. The number of azo groups is 1. The van der Waals surface area contributed by atoms with Crippen molar-refractivity contribution in [3.05, 3.63) is 59.2 Å². The molecule has 3 aromatic rings. The number of hydrogen-bond acceptors (Lipinski definition) is 7. The van der Waals surface area contributed by atoms with Gasteiger partial charge in [0.25, 0.3) is 0 Å². The zero-order valence-corrected chi connectivity index (χ0v) is 15.0. The van der Waals surface area contributed by atoms with Crippen LogP contribution in [0.1, 0.15) is 17.4 Å². The summed E-state index contributed by atoms with van der Waals surface area (Å²) in [5, 5.41) is 32.6. The minimum Gasteiger partial charge on any atom is -0.506 e. The number of rotatable bonds is 5. The summed E-state index contributed by atoms with van der Waals surface area (Å²) in [4.78, 5) is 12.2. The highest BCUT2D eigenvalue weighted by Gasteiger charge is 2.25. The first-order valence-corrected chi connectivity index (χ1v) is 8.33. The van der Waals surface area contributed by atoms with Gasteiger partial charge in [-0.2, -0.15) is 9.78 Å². The van der Waals surface area contributed by atoms with Crippen molar-refractivity contribution >= 4 is 28.9 Å². The molecule has 138 valence electrons. The molecule has 0 saturated carbocycles. The molecule has 3 rings (SSSR count). The van der Waals surface area contributed by atoms with Crippen LogP contribution >= 0.6 is 11.6 Å². The fourth-order valence-corrected chi connectivity index (χ4v) is 2.43. The van der Waals surface area contributed by atoms with E-state index in [2.05, 4.69) is 15.3 Å². The van der Waals surface area contributed by atoms with Crippen LogP contribution < -0.4 is 0 Å². The van der Waals surface area contributed by atoms with Crippen LogP contribution in [0.3, 0.4) is 0 Å². The van der Waals surface area contributed by atoms with Gasteiger partial charge in [0.1, 0.15) is 11.4 Å². The summed E-state index contributed by atoms with van der Waals surface area (Å²) in [6.45, 7) is 1.78. The molecule has 0 spiro atoms. The highest BCUT2D eigenvalue weighted by atomic mass is 35.5. The molecular weight excluding hydrogens is 372 g/mol. The van der Waals surface area contributed by atoms with Crippen LogP contribution in [-0.4, -0.2) is 32.6 Å². The van der Waals surface area contributed by atoms with Crippen LogP contribution in [0.5, 0.6) is 11.6 Å². The molecular formula is C18H15ClN4O4. The van der Waals surface area contributed by atoms with E-state index in [0.717, 1.165) is 4.68 Å². The average Bonchev–Trinajstić information content (AvgIpc) is 3.00. The van der Waals surface area contributed by atoms with E-state index < -0.39 is 11.8 Å². The van der Waals surface area contributed by atoms with Gasteiger partial charge in [0, 0.05) is 5.02 Å². The number of carbonyl (C=O) groups excluding carboxylic acids is 1. The maximum Gasteiger partial charge on any atom is 0.361 e. The van der Waals surface area contributed by atoms with Crippen LogP contribution in [0, 0.1) is 0 Å². The van der Waals surface area contributed by atoms with Gasteiger partial charge in [0.05, 0.1) is 12.3 Å². The van der Waals surface area contributed by atoms with Crippen LogP contribution in [0.15, 0.2) is 58.8 Å². The molecule has 0 amide bonds. The first-order chi connectivity index (χ1) is 13.0.